The zero-order chi connectivity index (χ0) is 12.7. The van der Waals surface area contributed by atoms with Crippen LogP contribution < -0.4 is 5.73 Å². The van der Waals surface area contributed by atoms with E-state index in [2.05, 4.69) is 59.9 Å². The van der Waals surface area contributed by atoms with Crippen molar-refractivity contribution < 1.29 is 0 Å². The van der Waals surface area contributed by atoms with Crippen molar-refractivity contribution >= 4 is 21.7 Å². The van der Waals surface area contributed by atoms with Crippen LogP contribution in [0.2, 0.25) is 0 Å². The first-order valence-electron chi connectivity index (χ1n) is 5.50. The summed E-state index contributed by atoms with van der Waals surface area (Å²) < 4.78 is 0.841. The number of H-pyrrole nitrogens is 1. The van der Waals surface area contributed by atoms with E-state index in [1.165, 1.54) is 27.8 Å². The number of hydrogen-bond donors (Lipinski definition) is 2. The molecule has 4 heteroatoms. The zero-order valence-electron chi connectivity index (χ0n) is 10.5. The van der Waals surface area contributed by atoms with Gasteiger partial charge in [-0.15, -0.1) is 0 Å². The van der Waals surface area contributed by atoms with E-state index in [0.29, 0.717) is 5.82 Å². The Bertz CT molecular complexity index is 559. The Morgan fingerprint density at radius 3 is 2.06 bits per heavy atom. The van der Waals surface area contributed by atoms with Crippen molar-refractivity contribution in [2.24, 2.45) is 0 Å². The molecule has 0 spiro atoms. The van der Waals surface area contributed by atoms with Crippen LogP contribution >= 0.6 is 15.9 Å². The smallest absolute Gasteiger partial charge is 0.160 e. The van der Waals surface area contributed by atoms with Crippen molar-refractivity contribution in [2.75, 3.05) is 5.73 Å². The molecule has 0 aliphatic carbocycles. The minimum absolute atomic E-state index is 0.498. The minimum atomic E-state index is 0.498. The molecule has 0 bridgehead atoms. The van der Waals surface area contributed by atoms with Gasteiger partial charge in [-0.05, 0) is 65.9 Å². The molecular weight excluding hydrogens is 278 g/mol. The van der Waals surface area contributed by atoms with Crippen molar-refractivity contribution in [3.8, 4) is 11.3 Å². The van der Waals surface area contributed by atoms with Crippen LogP contribution in [0.15, 0.2) is 10.5 Å². The second-order valence-corrected chi connectivity index (χ2v) is 5.23. The van der Waals surface area contributed by atoms with Crippen molar-refractivity contribution in [1.82, 2.24) is 10.2 Å². The number of nitrogen functional groups attached to an aromatic ring is 1. The maximum absolute atomic E-state index is 5.76. The fraction of sp³-hybridized carbons (Fsp3) is 0.308. The molecule has 2 rings (SSSR count). The van der Waals surface area contributed by atoms with E-state index in [9.17, 15) is 0 Å². The average Bonchev–Trinajstić information content (AvgIpc) is 2.59. The molecule has 0 aliphatic rings. The van der Waals surface area contributed by atoms with Gasteiger partial charge in [-0.1, -0.05) is 6.07 Å². The number of hydrogen-bond acceptors (Lipinski definition) is 2. The predicted octanol–water partition coefficient (Wildman–Crippen LogP) is 3.66. The molecule has 0 radical (unpaired) electrons. The number of nitrogens with one attached hydrogen (secondary N) is 1. The standard InChI is InChI=1S/C13H16BrN3/c1-6-5-7(2)9(4)10(8(6)3)12-11(14)13(15)17-16-12/h5H,1-4H3,(H3,15,16,17). The first-order valence-corrected chi connectivity index (χ1v) is 6.30. The van der Waals surface area contributed by atoms with E-state index in [-0.39, 0.29) is 0 Å². The molecule has 1 aromatic heterocycles. The monoisotopic (exact) mass is 293 g/mol. The summed E-state index contributed by atoms with van der Waals surface area (Å²) >= 11 is 3.49. The van der Waals surface area contributed by atoms with Crippen molar-refractivity contribution in [3.05, 3.63) is 32.8 Å². The summed E-state index contributed by atoms with van der Waals surface area (Å²) in [7, 11) is 0. The number of nitrogens with zero attached hydrogens (tertiary/aromatic N) is 1. The number of aromatic amines is 1. The van der Waals surface area contributed by atoms with Gasteiger partial charge >= 0.3 is 0 Å². The topological polar surface area (TPSA) is 54.7 Å². The molecule has 0 aliphatic heterocycles. The molecule has 3 nitrogen and oxygen atoms in total. The van der Waals surface area contributed by atoms with Crippen LogP contribution in [-0.2, 0) is 0 Å². The Balaban J connectivity index is 2.79. The fourth-order valence-electron chi connectivity index (χ4n) is 2.10. The van der Waals surface area contributed by atoms with Crippen molar-refractivity contribution in [1.29, 1.82) is 0 Å². The third-order valence-electron chi connectivity index (χ3n) is 3.35. The largest absolute Gasteiger partial charge is 0.381 e. The van der Waals surface area contributed by atoms with Crippen LogP contribution in [0.1, 0.15) is 22.3 Å². The highest BCUT2D eigenvalue weighted by Gasteiger charge is 2.16. The summed E-state index contributed by atoms with van der Waals surface area (Å²) in [5.74, 6) is 0.498. The minimum Gasteiger partial charge on any atom is -0.381 e. The molecule has 3 N–H and O–H groups in total. The first-order chi connectivity index (χ1) is 7.93. The second-order valence-electron chi connectivity index (χ2n) is 4.43. The van der Waals surface area contributed by atoms with Gasteiger partial charge < -0.3 is 5.73 Å². The van der Waals surface area contributed by atoms with Crippen LogP contribution in [-0.4, -0.2) is 10.2 Å². The summed E-state index contributed by atoms with van der Waals surface area (Å²) in [5, 5.41) is 7.04. The average molecular weight is 294 g/mol. The molecule has 90 valence electrons. The molecule has 0 unspecified atom stereocenters. The number of anilines is 1. The number of rotatable bonds is 1. The molecule has 0 fully saturated rings. The van der Waals surface area contributed by atoms with E-state index in [0.717, 1.165) is 10.2 Å². The van der Waals surface area contributed by atoms with Gasteiger partial charge in [-0.25, -0.2) is 0 Å². The lowest BCUT2D eigenvalue weighted by atomic mass is 9.92. The molecule has 0 saturated heterocycles. The Labute approximate surface area is 110 Å². The third kappa shape index (κ3) is 1.86. The van der Waals surface area contributed by atoms with Gasteiger partial charge in [-0.2, -0.15) is 5.10 Å². The number of nitrogens with two attached hydrogens (primary N) is 1. The quantitative estimate of drug-likeness (QED) is 0.843. The molecule has 1 aromatic carbocycles. The van der Waals surface area contributed by atoms with Crippen molar-refractivity contribution in [2.45, 2.75) is 27.7 Å². The van der Waals surface area contributed by atoms with E-state index in [1.807, 2.05) is 0 Å². The van der Waals surface area contributed by atoms with Gasteiger partial charge in [0.05, 0.1) is 10.2 Å². The number of aryl methyl sites for hydroxylation is 2. The molecule has 0 atom stereocenters. The molecule has 1 heterocycles. The van der Waals surface area contributed by atoms with Gasteiger partial charge in [0.25, 0.3) is 0 Å². The lowest BCUT2D eigenvalue weighted by Gasteiger charge is -2.14. The lowest BCUT2D eigenvalue weighted by molar-refractivity contribution is 1.09. The van der Waals surface area contributed by atoms with Gasteiger partial charge in [-0.3, -0.25) is 5.10 Å². The number of halogens is 1. The Morgan fingerprint density at radius 1 is 1.12 bits per heavy atom. The molecular formula is C13H16BrN3. The first kappa shape index (κ1) is 12.2. The maximum Gasteiger partial charge on any atom is 0.160 e. The number of benzene rings is 1. The van der Waals surface area contributed by atoms with Crippen molar-refractivity contribution in [3.63, 3.8) is 0 Å². The van der Waals surface area contributed by atoms with E-state index >= 15 is 0 Å². The highest BCUT2D eigenvalue weighted by Crippen LogP contribution is 2.36. The molecule has 17 heavy (non-hydrogen) atoms. The SMILES string of the molecule is Cc1cc(C)c(C)c(-c2[nH]nc(N)c2Br)c1C. The number of aromatic nitrogens is 2. The fourth-order valence-corrected chi connectivity index (χ4v) is 2.48. The van der Waals surface area contributed by atoms with Gasteiger partial charge in [0, 0.05) is 5.56 Å². The highest BCUT2D eigenvalue weighted by molar-refractivity contribution is 9.10. The Hall–Kier alpha value is -1.29. The van der Waals surface area contributed by atoms with Crippen LogP contribution in [0, 0.1) is 27.7 Å². The summed E-state index contributed by atoms with van der Waals surface area (Å²) in [6, 6.07) is 2.21. The third-order valence-corrected chi connectivity index (χ3v) is 4.15. The van der Waals surface area contributed by atoms with E-state index in [4.69, 9.17) is 5.73 Å². The van der Waals surface area contributed by atoms with Gasteiger partial charge in [0.15, 0.2) is 5.82 Å². The Morgan fingerprint density at radius 2 is 1.65 bits per heavy atom. The zero-order valence-corrected chi connectivity index (χ0v) is 12.1. The van der Waals surface area contributed by atoms with Crippen LogP contribution in [0.25, 0.3) is 11.3 Å². The van der Waals surface area contributed by atoms with E-state index in [1.54, 1.807) is 0 Å². The normalized spacial score (nSPS) is 10.9. The molecule has 0 saturated carbocycles. The van der Waals surface area contributed by atoms with Crippen LogP contribution in [0.3, 0.4) is 0 Å². The maximum atomic E-state index is 5.76. The molecule has 2 aromatic rings. The second kappa shape index (κ2) is 4.18. The van der Waals surface area contributed by atoms with Crippen LogP contribution in [0.4, 0.5) is 5.82 Å². The lowest BCUT2D eigenvalue weighted by Crippen LogP contribution is -1.96. The highest BCUT2D eigenvalue weighted by atomic mass is 79.9. The summed E-state index contributed by atoms with van der Waals surface area (Å²) in [6.07, 6.45) is 0. The van der Waals surface area contributed by atoms with Gasteiger partial charge in [0.1, 0.15) is 0 Å². The predicted molar refractivity (Wildman–Crippen MR) is 75.1 cm³/mol. The Kier molecular flexibility index (Phi) is 3.00. The van der Waals surface area contributed by atoms with Gasteiger partial charge in [0.2, 0.25) is 0 Å². The summed E-state index contributed by atoms with van der Waals surface area (Å²) in [5.41, 5.74) is 13.0. The molecule has 0 amide bonds. The summed E-state index contributed by atoms with van der Waals surface area (Å²) in [4.78, 5) is 0. The van der Waals surface area contributed by atoms with Crippen LogP contribution in [0.5, 0.6) is 0 Å². The summed E-state index contributed by atoms with van der Waals surface area (Å²) in [6.45, 7) is 8.50. The van der Waals surface area contributed by atoms with E-state index < -0.39 is 0 Å².